The number of hydrogen-bond donors (Lipinski definition) is 2. The summed E-state index contributed by atoms with van der Waals surface area (Å²) in [6, 6.07) is 6.70. The van der Waals surface area contributed by atoms with Crippen molar-refractivity contribution < 1.29 is 21.1 Å². The van der Waals surface area contributed by atoms with E-state index in [0.29, 0.717) is 0 Å². The molecule has 0 aliphatic heterocycles. The summed E-state index contributed by atoms with van der Waals surface area (Å²) in [7, 11) is -9.15. The summed E-state index contributed by atoms with van der Waals surface area (Å²) in [4.78, 5) is 0.965. The standard InChI is InChI=1S/C6H7NO5S3/c8-14(9,15(10,11)7-12-13)6-4-2-1-3-5-6/h1-5,7,13H. The second-order valence-electron chi connectivity index (χ2n) is 2.40. The van der Waals surface area contributed by atoms with Crippen molar-refractivity contribution in [3.05, 3.63) is 30.3 Å². The molecule has 0 radical (unpaired) electrons. The topological polar surface area (TPSA) is 89.5 Å². The van der Waals surface area contributed by atoms with Crippen LogP contribution in [0.4, 0.5) is 0 Å². The first-order valence-corrected chi connectivity index (χ1v) is 7.39. The summed E-state index contributed by atoms with van der Waals surface area (Å²) >= 11 is 3.10. The zero-order chi connectivity index (χ0) is 11.5. The summed E-state index contributed by atoms with van der Waals surface area (Å²) < 4.78 is 49.1. The van der Waals surface area contributed by atoms with Crippen LogP contribution in [0.2, 0.25) is 0 Å². The molecule has 0 aliphatic rings. The van der Waals surface area contributed by atoms with Gasteiger partial charge in [-0.2, -0.15) is 8.42 Å². The molecule has 6 nitrogen and oxygen atoms in total. The molecule has 0 saturated carbocycles. The van der Waals surface area contributed by atoms with Crippen LogP contribution >= 0.6 is 12.9 Å². The minimum absolute atomic E-state index is 0.345. The van der Waals surface area contributed by atoms with Crippen LogP contribution in [0.3, 0.4) is 0 Å². The maximum Gasteiger partial charge on any atom is 0.344 e. The number of nitrogens with one attached hydrogen (secondary N) is 1. The normalized spacial score (nSPS) is 12.6. The first-order chi connectivity index (χ1) is 6.92. The van der Waals surface area contributed by atoms with Crippen molar-refractivity contribution >= 4 is 30.8 Å². The molecule has 9 heteroatoms. The van der Waals surface area contributed by atoms with E-state index in [0.717, 1.165) is 12.1 Å². The molecule has 1 rings (SSSR count). The quantitative estimate of drug-likeness (QED) is 0.349. The van der Waals surface area contributed by atoms with E-state index in [2.05, 4.69) is 17.2 Å². The third-order valence-corrected chi connectivity index (χ3v) is 5.90. The maximum atomic E-state index is 11.5. The van der Waals surface area contributed by atoms with Gasteiger partial charge in [-0.05, 0) is 12.1 Å². The minimum atomic E-state index is -4.64. The second-order valence-corrected chi connectivity index (χ2v) is 7.67. The molecular formula is C6H7NO5S3. The van der Waals surface area contributed by atoms with Crippen molar-refractivity contribution in [3.63, 3.8) is 0 Å². The Morgan fingerprint density at radius 1 is 1.07 bits per heavy atom. The lowest BCUT2D eigenvalue weighted by Crippen LogP contribution is -2.29. The molecule has 0 unspecified atom stereocenters. The predicted octanol–water partition coefficient (Wildman–Crippen LogP) is 0.0711. The van der Waals surface area contributed by atoms with Crippen molar-refractivity contribution in [1.29, 1.82) is 0 Å². The Balaban J connectivity index is 3.27. The van der Waals surface area contributed by atoms with Gasteiger partial charge in [0.1, 0.15) is 0 Å². The van der Waals surface area contributed by atoms with Gasteiger partial charge in [0.25, 0.3) is 8.87 Å². The molecular weight excluding hydrogens is 262 g/mol. The van der Waals surface area contributed by atoms with Crippen molar-refractivity contribution in [2.45, 2.75) is 4.90 Å². The summed E-state index contributed by atoms with van der Waals surface area (Å²) in [5.41, 5.74) is 0. The zero-order valence-corrected chi connectivity index (χ0v) is 9.72. The molecule has 0 saturated heterocycles. The molecule has 0 amide bonds. The smallest absolute Gasteiger partial charge is 0.219 e. The van der Waals surface area contributed by atoms with Crippen molar-refractivity contribution in [1.82, 2.24) is 4.89 Å². The van der Waals surface area contributed by atoms with E-state index in [9.17, 15) is 16.8 Å². The van der Waals surface area contributed by atoms with Crippen LogP contribution in [0.25, 0.3) is 0 Å². The SMILES string of the molecule is O=S(=O)(NOS)S(=O)(=O)c1ccccc1. The highest BCUT2D eigenvalue weighted by molar-refractivity contribution is 8.66. The van der Waals surface area contributed by atoms with Crippen LogP contribution < -0.4 is 4.89 Å². The van der Waals surface area contributed by atoms with E-state index in [1.807, 2.05) is 0 Å². The summed E-state index contributed by atoms with van der Waals surface area (Å²) in [6.45, 7) is 0. The average molecular weight is 269 g/mol. The van der Waals surface area contributed by atoms with E-state index in [1.54, 1.807) is 6.07 Å². The third-order valence-electron chi connectivity index (χ3n) is 1.46. The second kappa shape index (κ2) is 4.49. The summed E-state index contributed by atoms with van der Waals surface area (Å²) in [5.74, 6) is 0. The van der Waals surface area contributed by atoms with Crippen molar-refractivity contribution in [2.24, 2.45) is 0 Å². The first-order valence-electron chi connectivity index (χ1n) is 3.54. The largest absolute Gasteiger partial charge is 0.344 e. The molecule has 0 atom stereocenters. The summed E-state index contributed by atoms with van der Waals surface area (Å²) in [5, 5.41) is 0. The molecule has 0 aliphatic carbocycles. The molecule has 1 N–H and O–H groups in total. The zero-order valence-electron chi connectivity index (χ0n) is 7.19. The number of benzene rings is 1. The fraction of sp³-hybridized carbons (Fsp3) is 0. The van der Waals surface area contributed by atoms with Gasteiger partial charge in [-0.25, -0.2) is 12.7 Å². The third kappa shape index (κ3) is 2.49. The average Bonchev–Trinajstić information content (AvgIpc) is 2.19. The van der Waals surface area contributed by atoms with Gasteiger partial charge in [0.2, 0.25) is 0 Å². The Labute approximate surface area is 92.2 Å². The minimum Gasteiger partial charge on any atom is -0.219 e. The Morgan fingerprint density at radius 2 is 1.60 bits per heavy atom. The molecule has 1 aromatic rings. The molecule has 0 aromatic heterocycles. The van der Waals surface area contributed by atoms with E-state index in [1.165, 1.54) is 17.0 Å². The Hall–Kier alpha value is -0.610. The molecule has 15 heavy (non-hydrogen) atoms. The maximum absolute atomic E-state index is 11.5. The van der Waals surface area contributed by atoms with Gasteiger partial charge in [0.15, 0.2) is 0 Å². The highest BCUT2D eigenvalue weighted by atomic mass is 33.2. The molecule has 1 aromatic carbocycles. The van der Waals surface area contributed by atoms with E-state index < -0.39 is 17.9 Å². The van der Waals surface area contributed by atoms with Crippen LogP contribution in [0, 0.1) is 0 Å². The molecule has 0 bridgehead atoms. The van der Waals surface area contributed by atoms with Crippen LogP contribution in [0.15, 0.2) is 35.2 Å². The van der Waals surface area contributed by atoms with Crippen molar-refractivity contribution in [2.75, 3.05) is 0 Å². The molecule has 0 heterocycles. The monoisotopic (exact) mass is 269 g/mol. The van der Waals surface area contributed by atoms with Crippen molar-refractivity contribution in [3.8, 4) is 0 Å². The lowest BCUT2D eigenvalue weighted by atomic mass is 10.4. The van der Waals surface area contributed by atoms with E-state index in [-0.39, 0.29) is 4.90 Å². The number of rotatable bonds is 4. The Morgan fingerprint density at radius 3 is 2.07 bits per heavy atom. The molecule has 0 fully saturated rings. The van der Waals surface area contributed by atoms with Crippen LogP contribution in [-0.4, -0.2) is 16.8 Å². The lowest BCUT2D eigenvalue weighted by molar-refractivity contribution is 0.331. The van der Waals surface area contributed by atoms with E-state index >= 15 is 0 Å². The van der Waals surface area contributed by atoms with Gasteiger partial charge >= 0.3 is 9.06 Å². The van der Waals surface area contributed by atoms with Crippen LogP contribution in [0.5, 0.6) is 0 Å². The van der Waals surface area contributed by atoms with Gasteiger partial charge in [-0.15, -0.1) is 0 Å². The van der Waals surface area contributed by atoms with Gasteiger partial charge in [0.05, 0.1) is 4.90 Å². The van der Waals surface area contributed by atoms with Gasteiger partial charge in [0, 0.05) is 12.9 Å². The number of hydrogen-bond acceptors (Lipinski definition) is 6. The Bertz CT molecular complexity index is 521. The fourth-order valence-corrected chi connectivity index (χ4v) is 3.64. The van der Waals surface area contributed by atoms with E-state index in [4.69, 9.17) is 0 Å². The number of thiol groups is 1. The van der Waals surface area contributed by atoms with Crippen LogP contribution in [0.1, 0.15) is 0 Å². The highest BCUT2D eigenvalue weighted by Gasteiger charge is 2.31. The molecule has 0 spiro atoms. The van der Waals surface area contributed by atoms with Gasteiger partial charge in [-0.3, -0.25) is 0 Å². The first kappa shape index (κ1) is 12.5. The van der Waals surface area contributed by atoms with Crippen LogP contribution in [-0.2, 0) is 22.2 Å². The summed E-state index contributed by atoms with van der Waals surface area (Å²) in [6.07, 6.45) is 0. The highest BCUT2D eigenvalue weighted by Crippen LogP contribution is 2.15. The predicted molar refractivity (Wildman–Crippen MR) is 55.8 cm³/mol. The fourth-order valence-electron chi connectivity index (χ4n) is 0.804. The van der Waals surface area contributed by atoms with Gasteiger partial charge < -0.3 is 0 Å². The molecule has 84 valence electrons. The van der Waals surface area contributed by atoms with Gasteiger partial charge in [-0.1, -0.05) is 23.1 Å². The lowest BCUT2D eigenvalue weighted by Gasteiger charge is -2.04. The Kier molecular flexibility index (Phi) is 3.73.